The fourth-order valence-electron chi connectivity index (χ4n) is 4.92. The Labute approximate surface area is 266 Å². The molecule has 0 radical (unpaired) electrons. The summed E-state index contributed by atoms with van der Waals surface area (Å²) in [5, 5.41) is 22.2. The number of aryl methyl sites for hydroxylation is 2. The van der Waals surface area contributed by atoms with Crippen LogP contribution in [0, 0.1) is 13.8 Å². The highest BCUT2D eigenvalue weighted by atomic mass is 16.6. The topological polar surface area (TPSA) is 148 Å². The Morgan fingerprint density at radius 1 is 0.674 bits per heavy atom. The number of methoxy groups -OCH3 is 1. The van der Waals surface area contributed by atoms with Crippen LogP contribution < -0.4 is 10.1 Å². The van der Waals surface area contributed by atoms with Gasteiger partial charge in [-0.1, -0.05) is 77.9 Å². The molecule has 10 heteroatoms. The number of rotatable bonds is 9. The molecule has 0 saturated heterocycles. The number of ether oxygens (including phenoxy) is 3. The van der Waals surface area contributed by atoms with Gasteiger partial charge in [0.2, 0.25) is 12.2 Å². The van der Waals surface area contributed by atoms with E-state index in [-0.39, 0.29) is 17.2 Å². The molecule has 46 heavy (non-hydrogen) atoms. The van der Waals surface area contributed by atoms with Crippen molar-refractivity contribution < 1.29 is 43.6 Å². The van der Waals surface area contributed by atoms with Crippen LogP contribution in [0.25, 0.3) is 0 Å². The standard InChI is InChI=1S/C20H18O8.C16H17NO/c1-11-3-7-13(8-4-11)19(25)27-15(17(21)22)16(18(23)24)28-20(26)14-9-5-12(2)6-10-14;1-18-15-9-5-4-8-14(15)16-13-7-3-2-6-12(13)10-11-17-16/h3-10,15-16H,1-2H3,(H,21,22)(H,23,24);2-9,16-17H,10-11H2,1H3/t15-,16-;16-/m00/s1. The zero-order valence-corrected chi connectivity index (χ0v) is 25.6. The van der Waals surface area contributed by atoms with Crippen LogP contribution in [0.2, 0.25) is 0 Å². The van der Waals surface area contributed by atoms with E-state index in [0.29, 0.717) is 0 Å². The molecule has 0 fully saturated rings. The van der Waals surface area contributed by atoms with Gasteiger partial charge in [-0.2, -0.15) is 0 Å². The van der Waals surface area contributed by atoms with Crippen molar-refractivity contribution in [1.29, 1.82) is 0 Å². The quantitative estimate of drug-likeness (QED) is 0.213. The van der Waals surface area contributed by atoms with Gasteiger partial charge < -0.3 is 29.7 Å². The Bertz CT molecular complexity index is 1610. The Hall–Kier alpha value is -5.48. The number of nitrogens with one attached hydrogen (secondary N) is 1. The molecular weight excluding hydrogens is 590 g/mol. The molecule has 0 aromatic heterocycles. The number of carboxylic acids is 2. The van der Waals surface area contributed by atoms with Crippen molar-refractivity contribution in [3.8, 4) is 5.75 Å². The first-order chi connectivity index (χ1) is 22.1. The Morgan fingerprint density at radius 2 is 1.13 bits per heavy atom. The van der Waals surface area contributed by atoms with Crippen LogP contribution in [0.5, 0.6) is 5.75 Å². The average molecular weight is 626 g/mol. The SMILES string of the molecule is COc1ccccc1[C@H]1NCCc2ccccc21.Cc1ccc(C(=O)O[C@H](C(=O)O)[C@H](OC(=O)c2ccc(C)cc2)C(=O)O)cc1. The first-order valence-electron chi connectivity index (χ1n) is 14.5. The highest BCUT2D eigenvalue weighted by Crippen LogP contribution is 2.33. The Morgan fingerprint density at radius 3 is 1.61 bits per heavy atom. The van der Waals surface area contributed by atoms with Gasteiger partial charge in [-0.25, -0.2) is 19.2 Å². The minimum atomic E-state index is -2.22. The van der Waals surface area contributed by atoms with Gasteiger partial charge in [0.15, 0.2) is 0 Å². The predicted molar refractivity (Wildman–Crippen MR) is 169 cm³/mol. The molecule has 4 aromatic rings. The number of esters is 2. The number of hydrogen-bond donors (Lipinski definition) is 3. The van der Waals surface area contributed by atoms with Gasteiger partial charge >= 0.3 is 23.9 Å². The molecule has 0 saturated carbocycles. The number of hydrogen-bond acceptors (Lipinski definition) is 8. The fourth-order valence-corrected chi connectivity index (χ4v) is 4.92. The van der Waals surface area contributed by atoms with E-state index in [1.165, 1.54) is 41.0 Å². The van der Waals surface area contributed by atoms with Gasteiger partial charge in [-0.15, -0.1) is 0 Å². The molecule has 0 spiro atoms. The number of carboxylic acid groups (broad SMARTS) is 2. The maximum atomic E-state index is 12.2. The number of aliphatic carboxylic acids is 2. The van der Waals surface area contributed by atoms with Gasteiger partial charge in [0.1, 0.15) is 5.75 Å². The van der Waals surface area contributed by atoms with E-state index in [1.807, 2.05) is 12.1 Å². The number of fused-ring (bicyclic) bond motifs is 1. The van der Waals surface area contributed by atoms with Gasteiger partial charge in [0, 0.05) is 12.1 Å². The zero-order chi connectivity index (χ0) is 33.2. The summed E-state index contributed by atoms with van der Waals surface area (Å²) in [5.74, 6) is -4.67. The maximum absolute atomic E-state index is 12.2. The second-order valence-electron chi connectivity index (χ2n) is 10.6. The molecule has 5 rings (SSSR count). The lowest BCUT2D eigenvalue weighted by atomic mass is 9.89. The largest absolute Gasteiger partial charge is 0.496 e. The first kappa shape index (κ1) is 33.4. The van der Waals surface area contributed by atoms with E-state index in [4.69, 9.17) is 14.2 Å². The third-order valence-corrected chi connectivity index (χ3v) is 7.36. The Kier molecular flexibility index (Phi) is 11.3. The molecule has 3 N–H and O–H groups in total. The van der Waals surface area contributed by atoms with E-state index in [2.05, 4.69) is 41.7 Å². The monoisotopic (exact) mass is 625 g/mol. The third kappa shape index (κ3) is 8.36. The molecule has 4 aromatic carbocycles. The van der Waals surface area contributed by atoms with Crippen LogP contribution in [-0.4, -0.2) is 60.0 Å². The summed E-state index contributed by atoms with van der Waals surface area (Å²) in [7, 11) is 1.73. The van der Waals surface area contributed by atoms with Crippen molar-refractivity contribution in [2.75, 3.05) is 13.7 Å². The second kappa shape index (κ2) is 15.5. The molecular formula is C36H35NO9. The van der Waals surface area contributed by atoms with E-state index in [9.17, 15) is 29.4 Å². The van der Waals surface area contributed by atoms with Gasteiger partial charge in [-0.3, -0.25) is 0 Å². The molecule has 1 aliphatic heterocycles. The summed E-state index contributed by atoms with van der Waals surface area (Å²) in [6.45, 7) is 4.60. The van der Waals surface area contributed by atoms with Crippen molar-refractivity contribution in [3.05, 3.63) is 136 Å². The minimum absolute atomic E-state index is 0.0332. The van der Waals surface area contributed by atoms with Crippen molar-refractivity contribution in [3.63, 3.8) is 0 Å². The van der Waals surface area contributed by atoms with Crippen molar-refractivity contribution >= 4 is 23.9 Å². The van der Waals surface area contributed by atoms with Crippen molar-refractivity contribution in [1.82, 2.24) is 5.32 Å². The second-order valence-corrected chi connectivity index (χ2v) is 10.6. The molecule has 3 atom stereocenters. The van der Waals surface area contributed by atoms with Gasteiger partial charge in [-0.05, 0) is 61.7 Å². The third-order valence-electron chi connectivity index (χ3n) is 7.36. The summed E-state index contributed by atoms with van der Waals surface area (Å²) in [6.07, 6.45) is -3.34. The highest BCUT2D eigenvalue weighted by molar-refractivity contribution is 5.95. The Balaban J connectivity index is 0.000000228. The summed E-state index contributed by atoms with van der Waals surface area (Å²) in [6, 6.07) is 29.2. The van der Waals surface area contributed by atoms with Gasteiger partial charge in [0.25, 0.3) is 0 Å². The molecule has 1 aliphatic rings. The summed E-state index contributed by atoms with van der Waals surface area (Å²) < 4.78 is 15.1. The number of carbonyl (C=O) groups excluding carboxylic acids is 2. The highest BCUT2D eigenvalue weighted by Gasteiger charge is 2.41. The summed E-state index contributed by atoms with van der Waals surface area (Å²) >= 11 is 0. The zero-order valence-electron chi connectivity index (χ0n) is 25.6. The minimum Gasteiger partial charge on any atom is -0.496 e. The number of benzene rings is 4. The number of carbonyl (C=O) groups is 4. The lowest BCUT2D eigenvalue weighted by Crippen LogP contribution is -2.45. The van der Waals surface area contributed by atoms with Crippen LogP contribution in [0.3, 0.4) is 0 Å². The maximum Gasteiger partial charge on any atom is 0.349 e. The van der Waals surface area contributed by atoms with Crippen molar-refractivity contribution in [2.24, 2.45) is 0 Å². The molecule has 0 bridgehead atoms. The van der Waals surface area contributed by atoms with E-state index >= 15 is 0 Å². The van der Waals surface area contributed by atoms with Crippen molar-refractivity contribution in [2.45, 2.75) is 38.5 Å². The summed E-state index contributed by atoms with van der Waals surface area (Å²) in [4.78, 5) is 47.3. The molecule has 0 amide bonds. The number of para-hydroxylation sites is 1. The summed E-state index contributed by atoms with van der Waals surface area (Å²) in [5.41, 5.74) is 5.81. The average Bonchev–Trinajstić information content (AvgIpc) is 3.06. The molecule has 238 valence electrons. The van der Waals surface area contributed by atoms with E-state index in [0.717, 1.165) is 29.8 Å². The van der Waals surface area contributed by atoms with Crippen LogP contribution in [0.1, 0.15) is 54.6 Å². The van der Waals surface area contributed by atoms with Crippen LogP contribution in [0.15, 0.2) is 97.1 Å². The normalized spacial score (nSPS) is 14.7. The smallest absolute Gasteiger partial charge is 0.349 e. The van der Waals surface area contributed by atoms with Crippen LogP contribution in [0.4, 0.5) is 0 Å². The molecule has 10 nitrogen and oxygen atoms in total. The molecule has 0 unspecified atom stereocenters. The van der Waals surface area contributed by atoms with E-state index < -0.39 is 36.1 Å². The van der Waals surface area contributed by atoms with Crippen LogP contribution >= 0.6 is 0 Å². The predicted octanol–water partition coefficient (Wildman–Crippen LogP) is 5.15. The van der Waals surface area contributed by atoms with Crippen LogP contribution in [-0.2, 0) is 25.5 Å². The van der Waals surface area contributed by atoms with Gasteiger partial charge in [0.05, 0.1) is 24.3 Å². The first-order valence-corrected chi connectivity index (χ1v) is 14.5. The lowest BCUT2D eigenvalue weighted by Gasteiger charge is -2.28. The molecule has 0 aliphatic carbocycles. The lowest BCUT2D eigenvalue weighted by molar-refractivity contribution is -0.166. The van der Waals surface area contributed by atoms with E-state index in [1.54, 1.807) is 45.2 Å². The fraction of sp³-hybridized carbons (Fsp3) is 0.222. The molecule has 1 heterocycles.